The lowest BCUT2D eigenvalue weighted by Crippen LogP contribution is -2.34. The van der Waals surface area contributed by atoms with Gasteiger partial charge in [-0.05, 0) is 19.1 Å². The van der Waals surface area contributed by atoms with E-state index in [4.69, 9.17) is 16.3 Å². The van der Waals surface area contributed by atoms with Crippen LogP contribution in [0, 0.1) is 0 Å². The fourth-order valence-electron chi connectivity index (χ4n) is 1.57. The third-order valence-electron chi connectivity index (χ3n) is 2.54. The van der Waals surface area contributed by atoms with Crippen LogP contribution >= 0.6 is 23.1 Å². The molecule has 0 bridgehead atoms. The van der Waals surface area contributed by atoms with Gasteiger partial charge in [0.15, 0.2) is 5.00 Å². The fraction of sp³-hybridized carbons (Fsp3) is 0.167. The molecule has 0 aliphatic carbocycles. The third kappa shape index (κ3) is 4.19. The number of aromatic nitrogens is 2. The van der Waals surface area contributed by atoms with Crippen LogP contribution in [0.4, 0.5) is 9.80 Å². The van der Waals surface area contributed by atoms with Gasteiger partial charge in [-0.25, -0.2) is 22.7 Å². The van der Waals surface area contributed by atoms with Gasteiger partial charge in [-0.3, -0.25) is 5.32 Å². The standard InChI is InChI=1S/C12H11ClN4O5S2/c1-2-22-11(18)9-10(23-17-15-9)14-12(19)16-24(20,21)8-6-4-3-5-7(8)13/h3-6H,2H2,1H3,(H2,14,16,19). The van der Waals surface area contributed by atoms with E-state index in [9.17, 15) is 18.0 Å². The molecular formula is C12H11ClN4O5S2. The molecule has 128 valence electrons. The number of urea groups is 1. The Labute approximate surface area is 146 Å². The summed E-state index contributed by atoms with van der Waals surface area (Å²) in [5.41, 5.74) is -0.216. The van der Waals surface area contributed by atoms with Gasteiger partial charge in [-0.15, -0.1) is 5.10 Å². The van der Waals surface area contributed by atoms with E-state index in [1.54, 1.807) is 17.7 Å². The zero-order chi connectivity index (χ0) is 17.7. The molecule has 0 aliphatic heterocycles. The summed E-state index contributed by atoms with van der Waals surface area (Å²) in [7, 11) is -4.18. The summed E-state index contributed by atoms with van der Waals surface area (Å²) in [6.45, 7) is 1.72. The SMILES string of the molecule is CCOC(=O)c1nnsc1NC(=O)NS(=O)(=O)c1ccccc1Cl. The van der Waals surface area contributed by atoms with E-state index in [2.05, 4.69) is 14.9 Å². The Morgan fingerprint density at radius 2 is 2.04 bits per heavy atom. The molecule has 0 fully saturated rings. The Balaban J connectivity index is 2.13. The van der Waals surface area contributed by atoms with Gasteiger partial charge in [-0.2, -0.15) is 0 Å². The zero-order valence-corrected chi connectivity index (χ0v) is 14.5. The fourth-order valence-corrected chi connectivity index (χ4v) is 3.56. The number of nitrogens with one attached hydrogen (secondary N) is 2. The monoisotopic (exact) mass is 390 g/mol. The highest BCUT2D eigenvalue weighted by atomic mass is 35.5. The molecule has 2 N–H and O–H groups in total. The number of carbonyl (C=O) groups excluding carboxylic acids is 2. The van der Waals surface area contributed by atoms with Gasteiger partial charge in [0.1, 0.15) is 4.90 Å². The minimum absolute atomic E-state index is 0.0375. The van der Waals surface area contributed by atoms with Crippen molar-refractivity contribution >= 4 is 50.2 Å². The van der Waals surface area contributed by atoms with Crippen molar-refractivity contribution in [3.05, 3.63) is 35.0 Å². The molecule has 9 nitrogen and oxygen atoms in total. The molecule has 12 heteroatoms. The Morgan fingerprint density at radius 3 is 2.71 bits per heavy atom. The normalized spacial score (nSPS) is 10.9. The van der Waals surface area contributed by atoms with Gasteiger partial charge in [0.25, 0.3) is 10.0 Å². The Morgan fingerprint density at radius 1 is 1.33 bits per heavy atom. The molecule has 0 aliphatic rings. The highest BCUT2D eigenvalue weighted by Crippen LogP contribution is 2.21. The number of sulfonamides is 1. The first-order chi connectivity index (χ1) is 11.3. The molecule has 2 aromatic rings. The minimum atomic E-state index is -4.18. The smallest absolute Gasteiger partial charge is 0.362 e. The molecule has 0 radical (unpaired) electrons. The quantitative estimate of drug-likeness (QED) is 0.746. The Bertz CT molecular complexity index is 868. The number of amides is 2. The van der Waals surface area contributed by atoms with Crippen LogP contribution < -0.4 is 10.0 Å². The second-order valence-electron chi connectivity index (χ2n) is 4.16. The first-order valence-electron chi connectivity index (χ1n) is 6.43. The van der Waals surface area contributed by atoms with Gasteiger partial charge in [0.05, 0.1) is 11.6 Å². The van der Waals surface area contributed by atoms with Gasteiger partial charge >= 0.3 is 12.0 Å². The molecule has 0 unspecified atom stereocenters. The maximum absolute atomic E-state index is 12.1. The molecule has 1 aromatic carbocycles. The highest BCUT2D eigenvalue weighted by Gasteiger charge is 2.23. The van der Waals surface area contributed by atoms with Crippen LogP contribution in [0.2, 0.25) is 5.02 Å². The van der Waals surface area contributed by atoms with Gasteiger partial charge in [0, 0.05) is 11.5 Å². The Kier molecular flexibility index (Phi) is 5.70. The van der Waals surface area contributed by atoms with Crippen molar-refractivity contribution in [3.63, 3.8) is 0 Å². The van der Waals surface area contributed by atoms with Crippen LogP contribution in [-0.2, 0) is 14.8 Å². The van der Waals surface area contributed by atoms with Crippen molar-refractivity contribution in [3.8, 4) is 0 Å². The van der Waals surface area contributed by atoms with E-state index >= 15 is 0 Å². The topological polar surface area (TPSA) is 127 Å². The average Bonchev–Trinajstić information content (AvgIpc) is 2.95. The van der Waals surface area contributed by atoms with Crippen LogP contribution in [0.5, 0.6) is 0 Å². The van der Waals surface area contributed by atoms with Crippen LogP contribution in [-0.4, -0.2) is 36.6 Å². The van der Waals surface area contributed by atoms with Crippen molar-refractivity contribution in [2.24, 2.45) is 0 Å². The molecule has 0 saturated heterocycles. The second kappa shape index (κ2) is 7.55. The Hall–Kier alpha value is -2.24. The summed E-state index contributed by atoms with van der Waals surface area (Å²) in [5.74, 6) is -0.782. The van der Waals surface area contributed by atoms with E-state index in [0.717, 1.165) is 0 Å². The predicted octanol–water partition coefficient (Wildman–Crippen LogP) is 1.88. The van der Waals surface area contributed by atoms with Crippen molar-refractivity contribution in [2.75, 3.05) is 11.9 Å². The summed E-state index contributed by atoms with van der Waals surface area (Å²) in [4.78, 5) is 23.3. The van der Waals surface area contributed by atoms with Crippen molar-refractivity contribution < 1.29 is 22.7 Å². The van der Waals surface area contributed by atoms with Crippen LogP contribution in [0.1, 0.15) is 17.4 Å². The van der Waals surface area contributed by atoms with Gasteiger partial charge < -0.3 is 4.74 Å². The highest BCUT2D eigenvalue weighted by molar-refractivity contribution is 7.90. The average molecular weight is 391 g/mol. The molecular weight excluding hydrogens is 380 g/mol. The molecule has 2 amide bonds. The number of anilines is 1. The maximum atomic E-state index is 12.1. The van der Waals surface area contributed by atoms with Crippen LogP contribution in [0.15, 0.2) is 29.2 Å². The van der Waals surface area contributed by atoms with Gasteiger partial charge in [-0.1, -0.05) is 28.2 Å². The van der Waals surface area contributed by atoms with Crippen molar-refractivity contribution in [2.45, 2.75) is 11.8 Å². The second-order valence-corrected chi connectivity index (χ2v) is 6.97. The zero-order valence-electron chi connectivity index (χ0n) is 12.1. The lowest BCUT2D eigenvalue weighted by atomic mass is 10.4. The number of hydrogen-bond donors (Lipinski definition) is 2. The van der Waals surface area contributed by atoms with E-state index < -0.39 is 22.0 Å². The summed E-state index contributed by atoms with van der Waals surface area (Å²) in [5, 5.41) is 5.65. The number of ether oxygens (including phenoxy) is 1. The van der Waals surface area contributed by atoms with E-state index in [1.165, 1.54) is 18.2 Å². The molecule has 0 atom stereocenters. The number of esters is 1. The number of rotatable bonds is 5. The summed E-state index contributed by atoms with van der Waals surface area (Å²) in [6, 6.07) is 4.54. The minimum Gasteiger partial charge on any atom is -0.461 e. The first kappa shape index (κ1) is 18.1. The molecule has 1 heterocycles. The molecule has 0 spiro atoms. The van der Waals surface area contributed by atoms with E-state index in [-0.39, 0.29) is 27.2 Å². The summed E-state index contributed by atoms with van der Waals surface area (Å²) < 4.78 is 34.3. The van der Waals surface area contributed by atoms with Crippen LogP contribution in [0.25, 0.3) is 0 Å². The predicted molar refractivity (Wildman–Crippen MR) is 86.7 cm³/mol. The van der Waals surface area contributed by atoms with E-state index in [0.29, 0.717) is 11.5 Å². The van der Waals surface area contributed by atoms with E-state index in [1.807, 2.05) is 0 Å². The first-order valence-corrected chi connectivity index (χ1v) is 9.06. The number of benzene rings is 1. The molecule has 0 saturated carbocycles. The molecule has 1 aromatic heterocycles. The molecule has 24 heavy (non-hydrogen) atoms. The number of hydrogen-bond acceptors (Lipinski definition) is 8. The summed E-state index contributed by atoms with van der Waals surface area (Å²) >= 11 is 6.51. The lowest BCUT2D eigenvalue weighted by molar-refractivity contribution is 0.0520. The largest absolute Gasteiger partial charge is 0.461 e. The maximum Gasteiger partial charge on any atom is 0.362 e. The van der Waals surface area contributed by atoms with Gasteiger partial charge in [0.2, 0.25) is 5.69 Å². The van der Waals surface area contributed by atoms with Crippen LogP contribution in [0.3, 0.4) is 0 Å². The number of carbonyl (C=O) groups is 2. The summed E-state index contributed by atoms with van der Waals surface area (Å²) in [6.07, 6.45) is 0. The lowest BCUT2D eigenvalue weighted by Gasteiger charge is -2.09. The molecule has 2 rings (SSSR count). The number of nitrogens with zero attached hydrogens (tertiary/aromatic N) is 2. The number of halogens is 1. The van der Waals surface area contributed by atoms with Crippen molar-refractivity contribution in [1.82, 2.24) is 14.3 Å². The van der Waals surface area contributed by atoms with Crippen molar-refractivity contribution in [1.29, 1.82) is 0 Å². The third-order valence-corrected chi connectivity index (χ3v) is 5.01.